The number of nitrogens with one attached hydrogen (secondary N) is 2. The molecule has 3 aromatic rings. The van der Waals surface area contributed by atoms with Crippen LogP contribution in [-0.4, -0.2) is 18.6 Å². The Balaban J connectivity index is 1.71. The minimum atomic E-state index is -3.88. The van der Waals surface area contributed by atoms with Crippen LogP contribution in [0.3, 0.4) is 0 Å². The maximum atomic E-state index is 12.9. The number of rotatable bonds is 5. The molecule has 0 saturated heterocycles. The predicted octanol–water partition coefficient (Wildman–Crippen LogP) is 3.03. The van der Waals surface area contributed by atoms with Gasteiger partial charge in [-0.25, -0.2) is 12.8 Å². The molecule has 3 rings (SSSR count). The predicted molar refractivity (Wildman–Crippen MR) is 93.7 cm³/mol. The molecule has 0 aliphatic rings. The molecule has 0 bridgehead atoms. The third-order valence-corrected chi connectivity index (χ3v) is 4.68. The van der Waals surface area contributed by atoms with Crippen LogP contribution in [0.25, 0.3) is 0 Å². The number of aromatic nitrogens is 2. The zero-order valence-electron chi connectivity index (χ0n) is 13.2. The number of hydrogen-bond acceptors (Lipinski definition) is 6. The number of nitriles is 1. The van der Waals surface area contributed by atoms with Gasteiger partial charge >= 0.3 is 0 Å². The summed E-state index contributed by atoms with van der Waals surface area (Å²) in [6, 6.07) is 16.2. The summed E-state index contributed by atoms with van der Waals surface area (Å²) in [7, 11) is -3.88. The van der Waals surface area contributed by atoms with Crippen molar-refractivity contribution < 1.29 is 12.8 Å². The van der Waals surface area contributed by atoms with Crippen LogP contribution in [0.15, 0.2) is 65.6 Å². The van der Waals surface area contributed by atoms with E-state index in [-0.39, 0.29) is 10.7 Å². The Hall–Kier alpha value is -3.51. The van der Waals surface area contributed by atoms with E-state index < -0.39 is 15.8 Å². The standard InChI is InChI=1S/C17H12FN5O2S/c18-13-3-7-15(8-4-13)26(24,25)23-17-10-9-16(21-22-17)20-14-5-1-12(11-19)2-6-14/h1-10H,(H,20,21)(H,22,23). The summed E-state index contributed by atoms with van der Waals surface area (Å²) < 4.78 is 39.6. The highest BCUT2D eigenvalue weighted by molar-refractivity contribution is 7.92. The molecule has 0 fully saturated rings. The first kappa shape index (κ1) is 17.3. The number of hydrogen-bond donors (Lipinski definition) is 2. The molecule has 2 N–H and O–H groups in total. The Bertz CT molecular complexity index is 1040. The van der Waals surface area contributed by atoms with E-state index in [4.69, 9.17) is 5.26 Å². The lowest BCUT2D eigenvalue weighted by Gasteiger charge is -2.08. The first-order valence-corrected chi connectivity index (χ1v) is 8.84. The van der Waals surface area contributed by atoms with E-state index in [2.05, 4.69) is 20.2 Å². The summed E-state index contributed by atoms with van der Waals surface area (Å²) >= 11 is 0. The molecule has 1 heterocycles. The van der Waals surface area contributed by atoms with Crippen molar-refractivity contribution in [1.29, 1.82) is 5.26 Å². The summed E-state index contributed by atoms with van der Waals surface area (Å²) in [5, 5.41) is 19.5. The molecule has 0 atom stereocenters. The molecular formula is C17H12FN5O2S. The van der Waals surface area contributed by atoms with Gasteiger partial charge in [-0.15, -0.1) is 10.2 Å². The van der Waals surface area contributed by atoms with Crippen molar-refractivity contribution in [2.24, 2.45) is 0 Å². The second-order valence-corrected chi connectivity index (χ2v) is 6.86. The average molecular weight is 369 g/mol. The maximum absolute atomic E-state index is 12.9. The van der Waals surface area contributed by atoms with Gasteiger partial charge in [-0.3, -0.25) is 4.72 Å². The molecule has 1 aromatic heterocycles. The van der Waals surface area contributed by atoms with E-state index in [9.17, 15) is 12.8 Å². The molecule has 0 radical (unpaired) electrons. The Morgan fingerprint density at radius 3 is 2.08 bits per heavy atom. The van der Waals surface area contributed by atoms with Crippen molar-refractivity contribution in [2.45, 2.75) is 4.90 Å². The van der Waals surface area contributed by atoms with E-state index in [0.717, 1.165) is 24.3 Å². The van der Waals surface area contributed by atoms with E-state index in [1.54, 1.807) is 30.3 Å². The van der Waals surface area contributed by atoms with Gasteiger partial charge in [0.05, 0.1) is 16.5 Å². The summed E-state index contributed by atoms with van der Waals surface area (Å²) in [6.07, 6.45) is 0. The Morgan fingerprint density at radius 1 is 0.885 bits per heavy atom. The zero-order chi connectivity index (χ0) is 18.6. The molecule has 0 aliphatic carbocycles. The monoisotopic (exact) mass is 369 g/mol. The van der Waals surface area contributed by atoms with Gasteiger partial charge in [-0.2, -0.15) is 5.26 Å². The van der Waals surface area contributed by atoms with Gasteiger partial charge in [-0.1, -0.05) is 0 Å². The lowest BCUT2D eigenvalue weighted by Crippen LogP contribution is -2.14. The highest BCUT2D eigenvalue weighted by Gasteiger charge is 2.15. The van der Waals surface area contributed by atoms with E-state index in [1.807, 2.05) is 6.07 Å². The molecule has 0 spiro atoms. The normalized spacial score (nSPS) is 10.8. The lowest BCUT2D eigenvalue weighted by atomic mass is 10.2. The maximum Gasteiger partial charge on any atom is 0.263 e. The van der Waals surface area contributed by atoms with Crippen LogP contribution in [0.5, 0.6) is 0 Å². The fraction of sp³-hybridized carbons (Fsp3) is 0. The van der Waals surface area contributed by atoms with Gasteiger partial charge < -0.3 is 5.32 Å². The molecular weight excluding hydrogens is 357 g/mol. The van der Waals surface area contributed by atoms with Crippen LogP contribution < -0.4 is 10.0 Å². The molecule has 0 aliphatic heterocycles. The largest absolute Gasteiger partial charge is 0.339 e. The molecule has 7 nitrogen and oxygen atoms in total. The Kier molecular flexibility index (Phi) is 4.77. The third-order valence-electron chi connectivity index (χ3n) is 3.31. The highest BCUT2D eigenvalue weighted by atomic mass is 32.2. The van der Waals surface area contributed by atoms with Crippen LogP contribution in [0.2, 0.25) is 0 Å². The first-order valence-electron chi connectivity index (χ1n) is 7.35. The quantitative estimate of drug-likeness (QED) is 0.716. The first-order chi connectivity index (χ1) is 12.5. The van der Waals surface area contributed by atoms with Crippen molar-refractivity contribution >= 4 is 27.3 Å². The van der Waals surface area contributed by atoms with Gasteiger partial charge in [-0.05, 0) is 60.7 Å². The van der Waals surface area contributed by atoms with Gasteiger partial charge in [0.15, 0.2) is 11.6 Å². The smallest absolute Gasteiger partial charge is 0.263 e. The number of nitrogens with zero attached hydrogens (tertiary/aromatic N) is 3. The summed E-state index contributed by atoms with van der Waals surface area (Å²) in [5.74, 6) is -0.0962. The summed E-state index contributed by atoms with van der Waals surface area (Å²) in [5.41, 5.74) is 1.24. The highest BCUT2D eigenvalue weighted by Crippen LogP contribution is 2.18. The van der Waals surface area contributed by atoms with Crippen molar-refractivity contribution in [3.8, 4) is 6.07 Å². The SMILES string of the molecule is N#Cc1ccc(Nc2ccc(NS(=O)(=O)c3ccc(F)cc3)nn2)cc1. The van der Waals surface area contributed by atoms with Crippen LogP contribution in [0.4, 0.5) is 21.7 Å². The molecule has 0 amide bonds. The van der Waals surface area contributed by atoms with Crippen molar-refractivity contribution in [3.63, 3.8) is 0 Å². The van der Waals surface area contributed by atoms with Gasteiger partial charge in [0, 0.05) is 5.69 Å². The molecule has 0 saturated carbocycles. The fourth-order valence-electron chi connectivity index (χ4n) is 2.04. The minimum absolute atomic E-state index is 0.0275. The van der Waals surface area contributed by atoms with Crippen LogP contribution in [0, 0.1) is 17.1 Å². The second-order valence-electron chi connectivity index (χ2n) is 5.18. The Labute approximate surface area is 149 Å². The molecule has 0 unspecified atom stereocenters. The van der Waals surface area contributed by atoms with Gasteiger partial charge in [0.1, 0.15) is 5.82 Å². The van der Waals surface area contributed by atoms with E-state index in [0.29, 0.717) is 17.1 Å². The number of halogens is 1. The van der Waals surface area contributed by atoms with Crippen LogP contribution >= 0.6 is 0 Å². The summed E-state index contributed by atoms with van der Waals surface area (Å²) in [4.78, 5) is -0.0829. The molecule has 26 heavy (non-hydrogen) atoms. The topological polar surface area (TPSA) is 108 Å². The zero-order valence-corrected chi connectivity index (χ0v) is 14.0. The number of anilines is 3. The Morgan fingerprint density at radius 2 is 1.50 bits per heavy atom. The van der Waals surface area contributed by atoms with Crippen LogP contribution in [-0.2, 0) is 10.0 Å². The molecule has 130 valence electrons. The van der Waals surface area contributed by atoms with E-state index >= 15 is 0 Å². The van der Waals surface area contributed by atoms with Crippen molar-refractivity contribution in [1.82, 2.24) is 10.2 Å². The third kappa shape index (κ3) is 4.12. The lowest BCUT2D eigenvalue weighted by molar-refractivity contribution is 0.599. The number of benzene rings is 2. The molecule has 9 heteroatoms. The summed E-state index contributed by atoms with van der Waals surface area (Å²) in [6.45, 7) is 0. The van der Waals surface area contributed by atoms with Crippen LogP contribution in [0.1, 0.15) is 5.56 Å². The molecule has 2 aromatic carbocycles. The minimum Gasteiger partial charge on any atom is -0.339 e. The second kappa shape index (κ2) is 7.16. The average Bonchev–Trinajstić information content (AvgIpc) is 2.64. The van der Waals surface area contributed by atoms with Gasteiger partial charge in [0.25, 0.3) is 10.0 Å². The van der Waals surface area contributed by atoms with Crippen molar-refractivity contribution in [2.75, 3.05) is 10.0 Å². The number of sulfonamides is 1. The van der Waals surface area contributed by atoms with E-state index in [1.165, 1.54) is 6.07 Å². The van der Waals surface area contributed by atoms with Crippen molar-refractivity contribution in [3.05, 3.63) is 72.0 Å². The fourth-order valence-corrected chi connectivity index (χ4v) is 3.04. The van der Waals surface area contributed by atoms with Gasteiger partial charge in [0.2, 0.25) is 0 Å².